The first-order chi connectivity index (χ1) is 11.2. The van der Waals surface area contributed by atoms with Crippen molar-refractivity contribution in [3.8, 4) is 0 Å². The van der Waals surface area contributed by atoms with E-state index < -0.39 is 11.6 Å². The summed E-state index contributed by atoms with van der Waals surface area (Å²) in [4.78, 5) is 0. The lowest BCUT2D eigenvalue weighted by atomic mass is 9.77. The Morgan fingerprint density at radius 1 is 1.13 bits per heavy atom. The van der Waals surface area contributed by atoms with Gasteiger partial charge in [-0.15, -0.1) is 0 Å². The summed E-state index contributed by atoms with van der Waals surface area (Å²) in [6, 6.07) is 11.0. The molecule has 23 heavy (non-hydrogen) atoms. The number of benzene rings is 2. The Hall–Kier alpha value is -2.16. The molecule has 0 saturated heterocycles. The number of allylic oxidation sites excluding steroid dienone is 2. The quantitative estimate of drug-likeness (QED) is 0.737. The summed E-state index contributed by atoms with van der Waals surface area (Å²) in [5, 5.41) is 3.34. The van der Waals surface area contributed by atoms with Crippen molar-refractivity contribution in [2.24, 2.45) is 5.92 Å². The standard InChI is InChI=1S/C20H19F2N/c1-2-12-6-8-13(9-7-12)19-16-5-3-4-15(16)17-10-14(21)11-18(22)20(17)23-19/h3-4,6-11,15-16,19,23H,2,5H2,1H3/t15-,16+,19-/m0/s1. The number of aryl methyl sites for hydroxylation is 1. The van der Waals surface area contributed by atoms with Gasteiger partial charge in [0, 0.05) is 12.0 Å². The van der Waals surface area contributed by atoms with Crippen LogP contribution in [-0.4, -0.2) is 0 Å². The first-order valence-corrected chi connectivity index (χ1v) is 8.18. The maximum Gasteiger partial charge on any atom is 0.149 e. The topological polar surface area (TPSA) is 12.0 Å². The van der Waals surface area contributed by atoms with E-state index in [1.807, 2.05) is 0 Å². The zero-order valence-electron chi connectivity index (χ0n) is 13.0. The fourth-order valence-electron chi connectivity index (χ4n) is 3.91. The summed E-state index contributed by atoms with van der Waals surface area (Å²) in [6.07, 6.45) is 6.15. The van der Waals surface area contributed by atoms with E-state index in [0.717, 1.165) is 30.0 Å². The fourth-order valence-corrected chi connectivity index (χ4v) is 3.91. The van der Waals surface area contributed by atoms with Crippen molar-refractivity contribution < 1.29 is 8.78 Å². The fraction of sp³-hybridized carbons (Fsp3) is 0.300. The Balaban J connectivity index is 1.78. The van der Waals surface area contributed by atoms with Crippen LogP contribution in [0.5, 0.6) is 0 Å². The second kappa shape index (κ2) is 5.48. The summed E-state index contributed by atoms with van der Waals surface area (Å²) in [5.74, 6) is -0.634. The number of nitrogens with one attached hydrogen (secondary N) is 1. The molecule has 4 rings (SSSR count). The number of anilines is 1. The Morgan fingerprint density at radius 3 is 2.65 bits per heavy atom. The minimum atomic E-state index is -0.507. The SMILES string of the molecule is CCc1ccc([C@@H]2Nc3c(F)cc(F)cc3[C@H]3C=CC[C@H]32)cc1. The van der Waals surface area contributed by atoms with E-state index in [2.05, 4.69) is 48.7 Å². The average molecular weight is 311 g/mol. The van der Waals surface area contributed by atoms with E-state index in [-0.39, 0.29) is 12.0 Å². The maximum absolute atomic E-state index is 14.3. The van der Waals surface area contributed by atoms with E-state index in [1.165, 1.54) is 11.6 Å². The molecule has 118 valence electrons. The third-order valence-electron chi connectivity index (χ3n) is 5.13. The first kappa shape index (κ1) is 14.4. The highest BCUT2D eigenvalue weighted by Crippen LogP contribution is 2.50. The molecular weight excluding hydrogens is 292 g/mol. The highest BCUT2D eigenvalue weighted by Gasteiger charge is 2.39. The highest BCUT2D eigenvalue weighted by molar-refractivity contribution is 5.60. The van der Waals surface area contributed by atoms with E-state index in [9.17, 15) is 8.78 Å². The third kappa shape index (κ3) is 2.35. The molecule has 0 amide bonds. The van der Waals surface area contributed by atoms with Crippen LogP contribution in [-0.2, 0) is 6.42 Å². The molecule has 1 heterocycles. The van der Waals surface area contributed by atoms with Crippen LogP contribution in [0.4, 0.5) is 14.5 Å². The molecule has 0 saturated carbocycles. The molecule has 1 nitrogen and oxygen atoms in total. The predicted octanol–water partition coefficient (Wildman–Crippen LogP) is 5.35. The maximum atomic E-state index is 14.3. The lowest BCUT2D eigenvalue weighted by molar-refractivity contribution is 0.418. The van der Waals surface area contributed by atoms with Gasteiger partial charge in [-0.1, -0.05) is 43.3 Å². The number of halogens is 2. The van der Waals surface area contributed by atoms with E-state index in [4.69, 9.17) is 0 Å². The largest absolute Gasteiger partial charge is 0.375 e. The second-order valence-electron chi connectivity index (χ2n) is 6.42. The molecule has 2 aliphatic rings. The van der Waals surface area contributed by atoms with Crippen molar-refractivity contribution in [3.05, 3.63) is 76.9 Å². The van der Waals surface area contributed by atoms with E-state index in [0.29, 0.717) is 11.6 Å². The molecule has 3 heteroatoms. The van der Waals surface area contributed by atoms with Crippen LogP contribution < -0.4 is 5.32 Å². The summed E-state index contributed by atoms with van der Waals surface area (Å²) in [7, 11) is 0. The Morgan fingerprint density at radius 2 is 1.91 bits per heavy atom. The highest BCUT2D eigenvalue weighted by atomic mass is 19.1. The third-order valence-corrected chi connectivity index (χ3v) is 5.13. The van der Waals surface area contributed by atoms with Crippen LogP contribution in [0.2, 0.25) is 0 Å². The van der Waals surface area contributed by atoms with Crippen LogP contribution >= 0.6 is 0 Å². The predicted molar refractivity (Wildman–Crippen MR) is 88.5 cm³/mol. The van der Waals surface area contributed by atoms with E-state index >= 15 is 0 Å². The lowest BCUT2D eigenvalue weighted by Crippen LogP contribution is -2.29. The van der Waals surface area contributed by atoms with Gasteiger partial charge in [0.2, 0.25) is 0 Å². The molecule has 1 aliphatic carbocycles. The van der Waals surface area contributed by atoms with Crippen molar-refractivity contribution in [3.63, 3.8) is 0 Å². The van der Waals surface area contributed by atoms with Gasteiger partial charge >= 0.3 is 0 Å². The molecule has 2 aromatic rings. The van der Waals surface area contributed by atoms with Crippen molar-refractivity contribution in [2.75, 3.05) is 5.32 Å². The molecule has 0 aromatic heterocycles. The molecule has 0 spiro atoms. The van der Waals surface area contributed by atoms with Crippen LogP contribution in [0.15, 0.2) is 48.6 Å². The number of hydrogen-bond acceptors (Lipinski definition) is 1. The molecule has 2 aromatic carbocycles. The smallest absolute Gasteiger partial charge is 0.149 e. The molecule has 1 aliphatic heterocycles. The average Bonchev–Trinajstić information content (AvgIpc) is 3.04. The molecular formula is C20H19F2N. The summed E-state index contributed by atoms with van der Waals surface area (Å²) < 4.78 is 27.9. The summed E-state index contributed by atoms with van der Waals surface area (Å²) in [5.41, 5.74) is 3.64. The van der Waals surface area contributed by atoms with Crippen LogP contribution in [0.1, 0.15) is 42.0 Å². The van der Waals surface area contributed by atoms with Crippen molar-refractivity contribution >= 4 is 5.69 Å². The van der Waals surface area contributed by atoms with Gasteiger partial charge in [-0.2, -0.15) is 0 Å². The molecule has 1 N–H and O–H groups in total. The van der Waals surface area contributed by atoms with Crippen molar-refractivity contribution in [1.29, 1.82) is 0 Å². The van der Waals surface area contributed by atoms with Gasteiger partial charge in [-0.3, -0.25) is 0 Å². The van der Waals surface area contributed by atoms with Gasteiger partial charge in [0.05, 0.1) is 11.7 Å². The Labute approximate surface area is 135 Å². The summed E-state index contributed by atoms with van der Waals surface area (Å²) in [6.45, 7) is 2.13. The normalized spacial score (nSPS) is 24.9. The van der Waals surface area contributed by atoms with Gasteiger partial charge in [0.1, 0.15) is 11.6 Å². The zero-order valence-corrected chi connectivity index (χ0v) is 13.0. The monoisotopic (exact) mass is 311 g/mol. The Bertz CT molecular complexity index is 764. The molecule has 3 atom stereocenters. The molecule has 0 fully saturated rings. The number of fused-ring (bicyclic) bond motifs is 3. The van der Waals surface area contributed by atoms with Crippen LogP contribution in [0.25, 0.3) is 0 Å². The zero-order chi connectivity index (χ0) is 16.0. The van der Waals surface area contributed by atoms with Gasteiger partial charge in [-0.05, 0) is 41.5 Å². The van der Waals surface area contributed by atoms with Gasteiger partial charge in [-0.25, -0.2) is 8.78 Å². The Kier molecular flexibility index (Phi) is 3.44. The number of hydrogen-bond donors (Lipinski definition) is 1. The van der Waals surface area contributed by atoms with Gasteiger partial charge in [0.25, 0.3) is 0 Å². The first-order valence-electron chi connectivity index (χ1n) is 8.18. The van der Waals surface area contributed by atoms with Crippen LogP contribution in [0, 0.1) is 17.6 Å². The van der Waals surface area contributed by atoms with Gasteiger partial charge < -0.3 is 5.32 Å². The molecule has 0 bridgehead atoms. The minimum absolute atomic E-state index is 0.0494. The second-order valence-corrected chi connectivity index (χ2v) is 6.42. The molecule has 0 unspecified atom stereocenters. The van der Waals surface area contributed by atoms with E-state index in [1.54, 1.807) is 0 Å². The molecule has 0 radical (unpaired) electrons. The van der Waals surface area contributed by atoms with Gasteiger partial charge in [0.15, 0.2) is 0 Å². The lowest BCUT2D eigenvalue weighted by Gasteiger charge is -2.37. The minimum Gasteiger partial charge on any atom is -0.375 e. The van der Waals surface area contributed by atoms with Crippen LogP contribution in [0.3, 0.4) is 0 Å². The number of rotatable bonds is 2. The summed E-state index contributed by atoms with van der Waals surface area (Å²) >= 11 is 0. The van der Waals surface area contributed by atoms with Crippen molar-refractivity contribution in [1.82, 2.24) is 0 Å². The van der Waals surface area contributed by atoms with Crippen molar-refractivity contribution in [2.45, 2.75) is 31.7 Å².